The van der Waals surface area contributed by atoms with Gasteiger partial charge in [0, 0.05) is 24.7 Å². The maximum absolute atomic E-state index is 5.92. The molecule has 0 saturated heterocycles. The molecule has 24 heavy (non-hydrogen) atoms. The zero-order valence-electron chi connectivity index (χ0n) is 14.2. The van der Waals surface area contributed by atoms with Crippen molar-refractivity contribution in [2.45, 2.75) is 33.2 Å². The third-order valence-electron chi connectivity index (χ3n) is 4.72. The highest BCUT2D eigenvalue weighted by Crippen LogP contribution is 2.22. The van der Waals surface area contributed by atoms with E-state index < -0.39 is 0 Å². The van der Waals surface area contributed by atoms with Gasteiger partial charge in [0.2, 0.25) is 0 Å². The fraction of sp³-hybridized carbons (Fsp3) is 0.350. The largest absolute Gasteiger partial charge is 0.362 e. The number of thiocarbonyl (C=S) groups is 1. The van der Waals surface area contributed by atoms with Crippen LogP contribution in [0, 0.1) is 13.8 Å². The summed E-state index contributed by atoms with van der Waals surface area (Å²) in [4.78, 5) is 2.27. The number of halogens is 1. The van der Waals surface area contributed by atoms with Crippen molar-refractivity contribution >= 4 is 28.9 Å². The minimum atomic E-state index is 0.778. The van der Waals surface area contributed by atoms with Gasteiger partial charge in [0.05, 0.1) is 0 Å². The van der Waals surface area contributed by atoms with Crippen LogP contribution in [0.1, 0.15) is 27.8 Å². The number of rotatable bonds is 3. The topological polar surface area (TPSA) is 15.3 Å². The van der Waals surface area contributed by atoms with Crippen LogP contribution in [-0.2, 0) is 19.4 Å². The summed E-state index contributed by atoms with van der Waals surface area (Å²) in [6.45, 7) is 7.10. The average molecular weight is 359 g/mol. The molecule has 0 saturated carbocycles. The number of hydrogen-bond donors (Lipinski definition) is 1. The lowest BCUT2D eigenvalue weighted by atomic mass is 9.95. The van der Waals surface area contributed by atoms with E-state index in [-0.39, 0.29) is 0 Å². The van der Waals surface area contributed by atoms with Crippen LogP contribution in [0.5, 0.6) is 0 Å². The van der Waals surface area contributed by atoms with Crippen molar-refractivity contribution in [1.29, 1.82) is 0 Å². The van der Waals surface area contributed by atoms with E-state index in [4.69, 9.17) is 23.8 Å². The van der Waals surface area contributed by atoms with Crippen LogP contribution in [-0.4, -0.2) is 23.1 Å². The smallest absolute Gasteiger partial charge is 0.169 e. The molecule has 0 atom stereocenters. The molecule has 0 aliphatic carbocycles. The van der Waals surface area contributed by atoms with E-state index in [0.717, 1.165) is 42.6 Å². The number of hydrogen-bond acceptors (Lipinski definition) is 1. The van der Waals surface area contributed by atoms with Gasteiger partial charge in [0.1, 0.15) is 0 Å². The van der Waals surface area contributed by atoms with Crippen LogP contribution in [0.3, 0.4) is 0 Å². The van der Waals surface area contributed by atoms with E-state index in [2.05, 4.69) is 48.3 Å². The Morgan fingerprint density at radius 1 is 1.12 bits per heavy atom. The molecule has 4 heteroatoms. The first-order valence-electron chi connectivity index (χ1n) is 8.39. The first-order valence-corrected chi connectivity index (χ1v) is 9.18. The molecule has 0 unspecified atom stereocenters. The summed E-state index contributed by atoms with van der Waals surface area (Å²) >= 11 is 11.5. The van der Waals surface area contributed by atoms with E-state index >= 15 is 0 Å². The van der Waals surface area contributed by atoms with Gasteiger partial charge in [-0.15, -0.1) is 0 Å². The van der Waals surface area contributed by atoms with E-state index in [0.29, 0.717) is 0 Å². The predicted molar refractivity (Wildman–Crippen MR) is 106 cm³/mol. The normalized spacial score (nSPS) is 13.5. The molecular weight excluding hydrogens is 336 g/mol. The standard InChI is InChI=1S/C20H23ClN2S/c1-14-11-17-8-10-23(13-18(17)12-15(14)2)20(24)22-9-7-16-3-5-19(21)6-4-16/h3-6,11-12H,7-10,13H2,1-2H3,(H,22,24). The van der Waals surface area contributed by atoms with Crippen molar-refractivity contribution in [3.63, 3.8) is 0 Å². The molecule has 0 aromatic heterocycles. The molecular formula is C20H23ClN2S. The number of nitrogens with one attached hydrogen (secondary N) is 1. The first-order chi connectivity index (χ1) is 11.5. The molecule has 0 amide bonds. The molecule has 1 aliphatic heterocycles. The van der Waals surface area contributed by atoms with Gasteiger partial charge in [-0.3, -0.25) is 0 Å². The minimum Gasteiger partial charge on any atom is -0.362 e. The van der Waals surface area contributed by atoms with Crippen molar-refractivity contribution in [3.05, 3.63) is 69.2 Å². The quantitative estimate of drug-likeness (QED) is 0.817. The predicted octanol–water partition coefficient (Wildman–Crippen LogP) is 4.43. The monoisotopic (exact) mass is 358 g/mol. The molecule has 0 radical (unpaired) electrons. The van der Waals surface area contributed by atoms with Gasteiger partial charge in [-0.1, -0.05) is 35.9 Å². The van der Waals surface area contributed by atoms with Gasteiger partial charge in [-0.2, -0.15) is 0 Å². The lowest BCUT2D eigenvalue weighted by molar-refractivity contribution is 0.387. The molecule has 0 bridgehead atoms. The number of fused-ring (bicyclic) bond motifs is 1. The number of benzene rings is 2. The summed E-state index contributed by atoms with van der Waals surface area (Å²) in [5.74, 6) is 0. The Bertz CT molecular complexity index is 740. The van der Waals surface area contributed by atoms with E-state index in [1.54, 1.807) is 0 Å². The Labute approximate surface area is 154 Å². The molecule has 0 fully saturated rings. The van der Waals surface area contributed by atoms with Crippen LogP contribution in [0.2, 0.25) is 5.02 Å². The molecule has 1 N–H and O–H groups in total. The molecule has 2 aromatic carbocycles. The zero-order valence-corrected chi connectivity index (χ0v) is 15.8. The molecule has 3 rings (SSSR count). The maximum atomic E-state index is 5.92. The van der Waals surface area contributed by atoms with Gasteiger partial charge in [-0.05, 0) is 78.9 Å². The second-order valence-electron chi connectivity index (χ2n) is 6.49. The highest BCUT2D eigenvalue weighted by atomic mass is 35.5. The van der Waals surface area contributed by atoms with Crippen LogP contribution < -0.4 is 5.32 Å². The Morgan fingerprint density at radius 3 is 2.50 bits per heavy atom. The van der Waals surface area contributed by atoms with Crippen LogP contribution in [0.15, 0.2) is 36.4 Å². The number of aryl methyl sites for hydroxylation is 2. The fourth-order valence-electron chi connectivity index (χ4n) is 3.11. The molecule has 1 aliphatic rings. The van der Waals surface area contributed by atoms with Crippen molar-refractivity contribution < 1.29 is 0 Å². The summed E-state index contributed by atoms with van der Waals surface area (Å²) < 4.78 is 0. The van der Waals surface area contributed by atoms with Crippen LogP contribution >= 0.6 is 23.8 Å². The highest BCUT2D eigenvalue weighted by molar-refractivity contribution is 7.80. The van der Waals surface area contributed by atoms with Gasteiger partial charge >= 0.3 is 0 Å². The molecule has 1 heterocycles. The molecule has 126 valence electrons. The van der Waals surface area contributed by atoms with Crippen molar-refractivity contribution in [3.8, 4) is 0 Å². The van der Waals surface area contributed by atoms with E-state index in [9.17, 15) is 0 Å². The summed E-state index contributed by atoms with van der Waals surface area (Å²) in [6, 6.07) is 12.6. The third-order valence-corrected chi connectivity index (χ3v) is 5.37. The second kappa shape index (κ2) is 7.54. The van der Waals surface area contributed by atoms with E-state index in [1.807, 2.05) is 12.1 Å². The first kappa shape index (κ1) is 17.2. The van der Waals surface area contributed by atoms with Crippen molar-refractivity contribution in [2.24, 2.45) is 0 Å². The average Bonchev–Trinajstić information content (AvgIpc) is 2.57. The molecule has 2 aromatic rings. The number of nitrogens with zero attached hydrogens (tertiary/aromatic N) is 1. The second-order valence-corrected chi connectivity index (χ2v) is 7.31. The fourth-order valence-corrected chi connectivity index (χ4v) is 3.49. The third kappa shape index (κ3) is 4.08. The van der Waals surface area contributed by atoms with Crippen LogP contribution in [0.25, 0.3) is 0 Å². The van der Waals surface area contributed by atoms with Crippen molar-refractivity contribution in [1.82, 2.24) is 10.2 Å². The Morgan fingerprint density at radius 2 is 1.79 bits per heavy atom. The lowest BCUT2D eigenvalue weighted by Gasteiger charge is -2.31. The zero-order chi connectivity index (χ0) is 17.1. The Kier molecular flexibility index (Phi) is 5.42. The summed E-state index contributed by atoms with van der Waals surface area (Å²) in [6.07, 6.45) is 2.01. The highest BCUT2D eigenvalue weighted by Gasteiger charge is 2.18. The summed E-state index contributed by atoms with van der Waals surface area (Å²) in [7, 11) is 0. The van der Waals surface area contributed by atoms with Gasteiger partial charge < -0.3 is 10.2 Å². The lowest BCUT2D eigenvalue weighted by Crippen LogP contribution is -2.43. The summed E-state index contributed by atoms with van der Waals surface area (Å²) in [5, 5.41) is 5.03. The Hall–Kier alpha value is -1.58. The summed E-state index contributed by atoms with van der Waals surface area (Å²) in [5.41, 5.74) is 6.89. The van der Waals surface area contributed by atoms with Crippen LogP contribution in [0.4, 0.5) is 0 Å². The minimum absolute atomic E-state index is 0.778. The molecule has 2 nitrogen and oxygen atoms in total. The SMILES string of the molecule is Cc1cc2c(cc1C)CN(C(=S)NCCc1ccc(Cl)cc1)CC2. The Balaban J connectivity index is 1.54. The van der Waals surface area contributed by atoms with Crippen molar-refractivity contribution in [2.75, 3.05) is 13.1 Å². The van der Waals surface area contributed by atoms with Gasteiger partial charge in [0.15, 0.2) is 5.11 Å². The van der Waals surface area contributed by atoms with E-state index in [1.165, 1.54) is 27.8 Å². The molecule has 0 spiro atoms. The maximum Gasteiger partial charge on any atom is 0.169 e. The van der Waals surface area contributed by atoms with Gasteiger partial charge in [-0.25, -0.2) is 0 Å². The van der Waals surface area contributed by atoms with Gasteiger partial charge in [0.25, 0.3) is 0 Å².